The molecule has 11 heteroatoms. The lowest BCUT2D eigenvalue weighted by atomic mass is 10.2. The molecule has 2 aromatic rings. The average molecular weight is 378 g/mol. The van der Waals surface area contributed by atoms with E-state index in [0.29, 0.717) is 5.82 Å². The second-order valence-corrected chi connectivity index (χ2v) is 5.52. The number of nitriles is 1. The van der Waals surface area contributed by atoms with Gasteiger partial charge in [-0.25, -0.2) is 9.97 Å². The van der Waals surface area contributed by atoms with E-state index >= 15 is 0 Å². The Morgan fingerprint density at radius 2 is 1.93 bits per heavy atom. The maximum Gasteiger partial charge on any atom is 0.290 e. The van der Waals surface area contributed by atoms with Crippen LogP contribution in [0.15, 0.2) is 18.5 Å². The highest BCUT2D eigenvalue weighted by atomic mass is 19.3. The van der Waals surface area contributed by atoms with Gasteiger partial charge in [-0.05, 0) is 0 Å². The third-order valence-corrected chi connectivity index (χ3v) is 3.35. The average Bonchev–Trinajstić information content (AvgIpc) is 2.69. The first-order valence-corrected chi connectivity index (χ1v) is 8.15. The van der Waals surface area contributed by atoms with E-state index < -0.39 is 11.6 Å². The molecule has 1 saturated heterocycles. The van der Waals surface area contributed by atoms with Gasteiger partial charge < -0.3 is 20.7 Å². The van der Waals surface area contributed by atoms with E-state index in [2.05, 4.69) is 36.1 Å². The fourth-order valence-electron chi connectivity index (χ4n) is 2.06. The van der Waals surface area contributed by atoms with Gasteiger partial charge >= 0.3 is 0 Å². The monoisotopic (exact) mass is 378 g/mol. The summed E-state index contributed by atoms with van der Waals surface area (Å²) in [6.07, 6.45) is 2.62. The minimum Gasteiger partial charge on any atom is -0.386 e. The predicted molar refractivity (Wildman–Crippen MR) is 94.9 cm³/mol. The number of anilines is 3. The molecule has 1 fully saturated rings. The molecule has 0 spiro atoms. The molecule has 9 nitrogen and oxygen atoms in total. The Morgan fingerprint density at radius 1 is 1.19 bits per heavy atom. The third kappa shape index (κ3) is 6.36. The molecule has 0 aromatic carbocycles. The molecular weight excluding hydrogens is 358 g/mol. The number of hydrogen-bond donors (Lipinski definition) is 3. The number of morpholine rings is 1. The number of hydrogen-bond acceptors (Lipinski definition) is 9. The van der Waals surface area contributed by atoms with Crippen LogP contribution >= 0.6 is 0 Å². The van der Waals surface area contributed by atoms with Gasteiger partial charge in [-0.2, -0.15) is 14.0 Å². The van der Waals surface area contributed by atoms with Crippen LogP contribution in [0.5, 0.6) is 0 Å². The quantitative estimate of drug-likeness (QED) is 0.729. The summed E-state index contributed by atoms with van der Waals surface area (Å²) in [4.78, 5) is 7.76. The Balaban J connectivity index is 0.000000369. The fraction of sp³-hybridized carbons (Fsp3) is 0.438. The Labute approximate surface area is 155 Å². The Hall–Kier alpha value is -2.97. The largest absolute Gasteiger partial charge is 0.386 e. The molecule has 1 aliphatic heterocycles. The smallest absolute Gasteiger partial charge is 0.290 e. The van der Waals surface area contributed by atoms with Crippen molar-refractivity contribution in [2.75, 3.05) is 44.0 Å². The summed E-state index contributed by atoms with van der Waals surface area (Å²) in [7, 11) is 1.51. The molecule has 3 N–H and O–H groups in total. The first-order valence-electron chi connectivity index (χ1n) is 8.15. The van der Waals surface area contributed by atoms with E-state index in [9.17, 15) is 8.78 Å². The van der Waals surface area contributed by atoms with Gasteiger partial charge in [0.15, 0.2) is 17.2 Å². The van der Waals surface area contributed by atoms with Crippen LogP contribution in [-0.2, 0) is 10.7 Å². The van der Waals surface area contributed by atoms with Crippen LogP contribution in [-0.4, -0.2) is 53.5 Å². The van der Waals surface area contributed by atoms with Crippen molar-refractivity contribution in [1.29, 1.82) is 5.26 Å². The fourth-order valence-corrected chi connectivity index (χ4v) is 2.06. The van der Waals surface area contributed by atoms with Crippen molar-refractivity contribution in [3.63, 3.8) is 0 Å². The number of ether oxygens (including phenoxy) is 1. The number of nitrogens with zero attached hydrogens (tertiary/aromatic N) is 5. The zero-order chi connectivity index (χ0) is 19.7. The van der Waals surface area contributed by atoms with Gasteiger partial charge in [0.05, 0.1) is 31.3 Å². The van der Waals surface area contributed by atoms with Gasteiger partial charge in [-0.3, -0.25) is 0 Å². The van der Waals surface area contributed by atoms with Crippen molar-refractivity contribution in [1.82, 2.24) is 25.5 Å². The molecule has 0 amide bonds. The second-order valence-electron chi connectivity index (χ2n) is 5.52. The summed E-state index contributed by atoms with van der Waals surface area (Å²) in [5.41, 5.74) is -0.119. The summed E-state index contributed by atoms with van der Waals surface area (Å²) >= 11 is 0. The van der Waals surface area contributed by atoms with Crippen LogP contribution < -0.4 is 16.0 Å². The maximum absolute atomic E-state index is 13.3. The van der Waals surface area contributed by atoms with Crippen molar-refractivity contribution in [2.45, 2.75) is 12.8 Å². The summed E-state index contributed by atoms with van der Waals surface area (Å²) in [6.45, 7) is 4.58. The lowest BCUT2D eigenvalue weighted by Crippen LogP contribution is -2.30. The molecule has 144 valence electrons. The predicted octanol–water partition coefficient (Wildman–Crippen LogP) is 1.64. The molecule has 2 aromatic heterocycles. The highest BCUT2D eigenvalue weighted by molar-refractivity contribution is 5.59. The lowest BCUT2D eigenvalue weighted by Gasteiger charge is -2.14. The number of aromatic nitrogens is 4. The zero-order valence-corrected chi connectivity index (χ0v) is 15.0. The number of rotatable bonds is 4. The van der Waals surface area contributed by atoms with Crippen molar-refractivity contribution >= 4 is 17.3 Å². The first-order chi connectivity index (χ1) is 12.9. The minimum absolute atomic E-state index is 0.154. The zero-order valence-electron chi connectivity index (χ0n) is 15.0. The molecule has 27 heavy (non-hydrogen) atoms. The van der Waals surface area contributed by atoms with Crippen molar-refractivity contribution < 1.29 is 13.5 Å². The van der Waals surface area contributed by atoms with Crippen LogP contribution in [0, 0.1) is 11.3 Å². The van der Waals surface area contributed by atoms with Crippen molar-refractivity contribution in [3.8, 4) is 6.07 Å². The molecule has 3 rings (SSSR count). The van der Waals surface area contributed by atoms with Gasteiger partial charge in [-0.1, -0.05) is 0 Å². The van der Waals surface area contributed by atoms with E-state index in [1.165, 1.54) is 25.5 Å². The molecule has 0 aliphatic carbocycles. The van der Waals surface area contributed by atoms with Gasteiger partial charge in [0.25, 0.3) is 5.92 Å². The van der Waals surface area contributed by atoms with Gasteiger partial charge in [0.2, 0.25) is 0 Å². The summed E-state index contributed by atoms with van der Waals surface area (Å²) in [6, 6.07) is 3.23. The molecule has 0 radical (unpaired) electrons. The molecule has 0 bridgehead atoms. The highest BCUT2D eigenvalue weighted by Gasteiger charge is 2.30. The molecule has 1 aliphatic rings. The molecule has 3 heterocycles. The molecule has 0 unspecified atom stereocenters. The summed E-state index contributed by atoms with van der Waals surface area (Å²) in [5.74, 6) is -2.55. The van der Waals surface area contributed by atoms with E-state index in [-0.39, 0.29) is 17.2 Å². The van der Waals surface area contributed by atoms with E-state index in [0.717, 1.165) is 33.2 Å². The highest BCUT2D eigenvalue weighted by Crippen LogP contribution is 2.31. The number of halogens is 2. The maximum atomic E-state index is 13.3. The van der Waals surface area contributed by atoms with Crippen LogP contribution in [0.2, 0.25) is 0 Å². The molecule has 0 saturated carbocycles. The van der Waals surface area contributed by atoms with Gasteiger partial charge in [-0.15, -0.1) is 10.2 Å². The standard InChI is InChI=1S/C12H11F2N7.C4H9NO/c1-12(13,14)11-8(16-2)3-9(20-21-11)19-10-6-17-7(4-15)5-18-10;1-3-6-4-2-5-1/h3,5-6H,1-2H3,(H2,16,18,19,20);5H,1-4H2. The van der Waals surface area contributed by atoms with Gasteiger partial charge in [0, 0.05) is 33.1 Å². The first kappa shape index (κ1) is 20.3. The Bertz CT molecular complexity index is 758. The lowest BCUT2D eigenvalue weighted by molar-refractivity contribution is 0.0127. The van der Waals surface area contributed by atoms with Gasteiger partial charge in [0.1, 0.15) is 11.9 Å². The van der Waals surface area contributed by atoms with E-state index in [1.54, 1.807) is 0 Å². The normalized spacial score (nSPS) is 13.7. The third-order valence-electron chi connectivity index (χ3n) is 3.35. The van der Waals surface area contributed by atoms with Crippen LogP contribution in [0.3, 0.4) is 0 Å². The van der Waals surface area contributed by atoms with Crippen LogP contribution in [0.4, 0.5) is 26.1 Å². The second kappa shape index (κ2) is 9.65. The summed E-state index contributed by atoms with van der Waals surface area (Å²) in [5, 5.41) is 24.4. The van der Waals surface area contributed by atoms with Crippen molar-refractivity contribution in [2.24, 2.45) is 0 Å². The van der Waals surface area contributed by atoms with Crippen LogP contribution in [0.1, 0.15) is 18.3 Å². The summed E-state index contributed by atoms with van der Waals surface area (Å²) < 4.78 is 31.7. The van der Waals surface area contributed by atoms with Crippen molar-refractivity contribution in [3.05, 3.63) is 29.8 Å². The van der Waals surface area contributed by atoms with Crippen LogP contribution in [0.25, 0.3) is 0 Å². The van der Waals surface area contributed by atoms with E-state index in [1.807, 2.05) is 6.07 Å². The topological polar surface area (TPSA) is 121 Å². The molecule has 0 atom stereocenters. The Morgan fingerprint density at radius 3 is 2.37 bits per heavy atom. The SMILES string of the molecule is C1COCCN1.CNc1cc(Nc2cnc(C#N)cn2)nnc1C(C)(F)F. The molecular formula is C16H20F2N8O. The minimum atomic E-state index is -3.10. The Kier molecular flexibility index (Phi) is 7.27. The number of alkyl halides is 2. The number of nitrogens with one attached hydrogen (secondary N) is 3. The van der Waals surface area contributed by atoms with E-state index in [4.69, 9.17) is 10.00 Å².